The standard InChI is InChI=1S/C22H29N3O2.ClH/c1-27-21-10-3-2-7-18(21)11-12-22(26)25(17-19-8-4-5-15-24-19)20-9-6-14-23-16-13-20;/h2-5,7-8,10,15,20,23H,6,9,11-14,16-17H2,1H3;1H. The van der Waals surface area contributed by atoms with Gasteiger partial charge < -0.3 is 15.0 Å². The molecule has 1 saturated heterocycles. The third-order valence-corrected chi connectivity index (χ3v) is 5.17. The monoisotopic (exact) mass is 403 g/mol. The summed E-state index contributed by atoms with van der Waals surface area (Å²) in [6.07, 6.45) is 6.10. The molecule has 28 heavy (non-hydrogen) atoms. The number of halogens is 1. The summed E-state index contributed by atoms with van der Waals surface area (Å²) in [5.41, 5.74) is 2.02. The molecular weight excluding hydrogens is 374 g/mol. The van der Waals surface area contributed by atoms with Gasteiger partial charge in [-0.3, -0.25) is 9.78 Å². The van der Waals surface area contributed by atoms with Gasteiger partial charge in [-0.05, 0) is 62.5 Å². The molecule has 1 atom stereocenters. The lowest BCUT2D eigenvalue weighted by Gasteiger charge is -2.31. The van der Waals surface area contributed by atoms with Gasteiger partial charge in [-0.1, -0.05) is 24.3 Å². The lowest BCUT2D eigenvalue weighted by atomic mass is 10.0. The molecule has 2 aromatic rings. The van der Waals surface area contributed by atoms with Crippen molar-refractivity contribution in [2.45, 2.75) is 44.7 Å². The van der Waals surface area contributed by atoms with Crippen molar-refractivity contribution in [1.29, 1.82) is 0 Å². The van der Waals surface area contributed by atoms with E-state index in [9.17, 15) is 4.79 Å². The molecule has 5 nitrogen and oxygen atoms in total. The molecule has 1 unspecified atom stereocenters. The molecule has 0 aliphatic carbocycles. The maximum atomic E-state index is 13.2. The minimum absolute atomic E-state index is 0. The average molecular weight is 404 g/mol. The summed E-state index contributed by atoms with van der Waals surface area (Å²) in [6.45, 7) is 2.57. The molecule has 1 N–H and O–H groups in total. The lowest BCUT2D eigenvalue weighted by Crippen LogP contribution is -2.40. The van der Waals surface area contributed by atoms with E-state index in [4.69, 9.17) is 4.74 Å². The van der Waals surface area contributed by atoms with E-state index in [2.05, 4.69) is 10.3 Å². The van der Waals surface area contributed by atoms with E-state index in [0.717, 1.165) is 49.4 Å². The van der Waals surface area contributed by atoms with E-state index >= 15 is 0 Å². The highest BCUT2D eigenvalue weighted by Gasteiger charge is 2.25. The van der Waals surface area contributed by atoms with Crippen LogP contribution in [-0.2, 0) is 17.8 Å². The fraction of sp³-hybridized carbons (Fsp3) is 0.455. The van der Waals surface area contributed by atoms with Crippen LogP contribution in [0.5, 0.6) is 5.75 Å². The van der Waals surface area contributed by atoms with Gasteiger partial charge in [0.05, 0.1) is 19.3 Å². The van der Waals surface area contributed by atoms with E-state index in [1.54, 1.807) is 13.3 Å². The van der Waals surface area contributed by atoms with Crippen molar-refractivity contribution in [2.24, 2.45) is 0 Å². The second kappa shape index (κ2) is 11.7. The number of carbonyl (C=O) groups excluding carboxylic acids is 1. The number of methoxy groups -OCH3 is 1. The number of hydrogen-bond acceptors (Lipinski definition) is 4. The summed E-state index contributed by atoms with van der Waals surface area (Å²) >= 11 is 0. The van der Waals surface area contributed by atoms with Gasteiger partial charge >= 0.3 is 0 Å². The first-order valence-electron chi connectivity index (χ1n) is 9.80. The molecule has 2 heterocycles. The molecule has 1 aliphatic rings. The Labute approximate surface area is 173 Å². The highest BCUT2D eigenvalue weighted by atomic mass is 35.5. The predicted molar refractivity (Wildman–Crippen MR) is 114 cm³/mol. The molecule has 1 aromatic carbocycles. The van der Waals surface area contributed by atoms with Crippen molar-refractivity contribution >= 4 is 18.3 Å². The minimum Gasteiger partial charge on any atom is -0.496 e. The molecule has 0 radical (unpaired) electrons. The number of para-hydroxylation sites is 1. The Bertz CT molecular complexity index is 719. The first-order chi connectivity index (χ1) is 13.3. The van der Waals surface area contributed by atoms with Crippen LogP contribution in [0.4, 0.5) is 0 Å². The number of amides is 1. The minimum atomic E-state index is 0. The largest absolute Gasteiger partial charge is 0.496 e. The number of carbonyl (C=O) groups is 1. The van der Waals surface area contributed by atoms with Gasteiger partial charge in [0.1, 0.15) is 5.75 Å². The number of nitrogens with one attached hydrogen (secondary N) is 1. The van der Waals surface area contributed by atoms with Crippen LogP contribution >= 0.6 is 12.4 Å². The highest BCUT2D eigenvalue weighted by molar-refractivity contribution is 5.85. The van der Waals surface area contributed by atoms with Crippen molar-refractivity contribution in [3.63, 3.8) is 0 Å². The maximum Gasteiger partial charge on any atom is 0.223 e. The third-order valence-electron chi connectivity index (χ3n) is 5.17. The molecule has 1 amide bonds. The Morgan fingerprint density at radius 2 is 2.00 bits per heavy atom. The summed E-state index contributed by atoms with van der Waals surface area (Å²) in [5.74, 6) is 1.04. The van der Waals surface area contributed by atoms with Crippen LogP contribution in [0.1, 0.15) is 36.9 Å². The van der Waals surface area contributed by atoms with Gasteiger partial charge in [0.15, 0.2) is 0 Å². The van der Waals surface area contributed by atoms with Crippen LogP contribution in [0.15, 0.2) is 48.7 Å². The van der Waals surface area contributed by atoms with E-state index in [1.165, 1.54) is 0 Å². The van der Waals surface area contributed by atoms with Crippen LogP contribution in [0, 0.1) is 0 Å². The first-order valence-corrected chi connectivity index (χ1v) is 9.80. The summed E-state index contributed by atoms with van der Waals surface area (Å²) in [4.78, 5) is 19.7. The predicted octanol–water partition coefficient (Wildman–Crippen LogP) is 3.62. The zero-order valence-electron chi connectivity index (χ0n) is 16.5. The molecule has 1 aliphatic heterocycles. The van der Waals surface area contributed by atoms with Gasteiger partial charge in [-0.25, -0.2) is 0 Å². The lowest BCUT2D eigenvalue weighted by molar-refractivity contribution is -0.134. The normalized spacial score (nSPS) is 16.5. The summed E-state index contributed by atoms with van der Waals surface area (Å²) < 4.78 is 5.42. The second-order valence-electron chi connectivity index (χ2n) is 6.99. The molecule has 6 heteroatoms. The molecule has 1 aromatic heterocycles. The Kier molecular flexibility index (Phi) is 9.24. The number of aromatic nitrogens is 1. The SMILES string of the molecule is COc1ccccc1CCC(=O)N(Cc1ccccn1)C1CCCNCC1.Cl. The van der Waals surface area contributed by atoms with Crippen LogP contribution in [0.3, 0.4) is 0 Å². The van der Waals surface area contributed by atoms with Crippen LogP contribution in [0.25, 0.3) is 0 Å². The van der Waals surface area contributed by atoms with Crippen molar-refractivity contribution in [1.82, 2.24) is 15.2 Å². The smallest absolute Gasteiger partial charge is 0.223 e. The number of ether oxygens (including phenoxy) is 1. The average Bonchev–Trinajstić information content (AvgIpc) is 3.00. The topological polar surface area (TPSA) is 54.5 Å². The number of hydrogen-bond donors (Lipinski definition) is 1. The van der Waals surface area contributed by atoms with Gasteiger partial charge in [0.2, 0.25) is 5.91 Å². The zero-order chi connectivity index (χ0) is 18.9. The number of rotatable bonds is 7. The Morgan fingerprint density at radius 1 is 1.18 bits per heavy atom. The Balaban J connectivity index is 0.00000280. The molecule has 0 saturated carbocycles. The molecule has 3 rings (SSSR count). The van der Waals surface area contributed by atoms with Gasteiger partial charge in [-0.2, -0.15) is 0 Å². The van der Waals surface area contributed by atoms with Crippen molar-refractivity contribution in [3.05, 3.63) is 59.9 Å². The van der Waals surface area contributed by atoms with Crippen molar-refractivity contribution in [3.8, 4) is 5.75 Å². The molecule has 1 fully saturated rings. The number of pyridine rings is 1. The van der Waals surface area contributed by atoms with Gasteiger partial charge in [0, 0.05) is 18.7 Å². The summed E-state index contributed by atoms with van der Waals surface area (Å²) in [5, 5.41) is 3.44. The van der Waals surface area contributed by atoms with Crippen LogP contribution < -0.4 is 10.1 Å². The van der Waals surface area contributed by atoms with E-state index in [-0.39, 0.29) is 24.4 Å². The Morgan fingerprint density at radius 3 is 2.79 bits per heavy atom. The highest BCUT2D eigenvalue weighted by Crippen LogP contribution is 2.22. The Hall–Kier alpha value is -2.11. The molecule has 0 spiro atoms. The van der Waals surface area contributed by atoms with Gasteiger partial charge in [0.25, 0.3) is 0 Å². The third kappa shape index (κ3) is 6.21. The van der Waals surface area contributed by atoms with Crippen LogP contribution in [-0.4, -0.2) is 42.0 Å². The number of aryl methyl sites for hydroxylation is 1. The number of nitrogens with zero attached hydrogens (tertiary/aromatic N) is 2. The van der Waals surface area contributed by atoms with Crippen LogP contribution in [0.2, 0.25) is 0 Å². The maximum absolute atomic E-state index is 13.2. The quantitative estimate of drug-likeness (QED) is 0.767. The van der Waals surface area contributed by atoms with E-state index < -0.39 is 0 Å². The van der Waals surface area contributed by atoms with Crippen molar-refractivity contribution in [2.75, 3.05) is 20.2 Å². The van der Waals surface area contributed by atoms with Crippen molar-refractivity contribution < 1.29 is 9.53 Å². The number of benzene rings is 1. The van der Waals surface area contributed by atoms with E-state index in [0.29, 0.717) is 19.4 Å². The second-order valence-corrected chi connectivity index (χ2v) is 6.99. The first kappa shape index (κ1) is 22.2. The fourth-order valence-electron chi connectivity index (χ4n) is 3.69. The summed E-state index contributed by atoms with van der Waals surface area (Å²) in [7, 11) is 1.67. The van der Waals surface area contributed by atoms with Gasteiger partial charge in [-0.15, -0.1) is 12.4 Å². The summed E-state index contributed by atoms with van der Waals surface area (Å²) in [6, 6.07) is 14.1. The van der Waals surface area contributed by atoms with E-state index in [1.807, 2.05) is 47.4 Å². The molecule has 152 valence electrons. The molecule has 0 bridgehead atoms. The zero-order valence-corrected chi connectivity index (χ0v) is 17.3. The molecular formula is C22H30ClN3O2. The fourth-order valence-corrected chi connectivity index (χ4v) is 3.69.